The lowest BCUT2D eigenvalue weighted by atomic mass is 9.81. The molecule has 190 valence electrons. The number of rotatable bonds is 5. The summed E-state index contributed by atoms with van der Waals surface area (Å²) in [4.78, 5) is 4.13. The van der Waals surface area contributed by atoms with Crippen molar-refractivity contribution in [2.24, 2.45) is 0 Å². The van der Waals surface area contributed by atoms with Gasteiger partial charge in [0.2, 0.25) is 0 Å². The summed E-state index contributed by atoms with van der Waals surface area (Å²) in [6.45, 7) is 15.0. The summed E-state index contributed by atoms with van der Waals surface area (Å²) in [5, 5.41) is 21.6. The van der Waals surface area contributed by atoms with E-state index < -0.39 is 29.2 Å². The van der Waals surface area contributed by atoms with Gasteiger partial charge in [0.25, 0.3) is 0 Å². The Kier molecular flexibility index (Phi) is 7.31. The van der Waals surface area contributed by atoms with Crippen molar-refractivity contribution in [3.63, 3.8) is 0 Å². The number of fused-ring (bicyclic) bond motifs is 2. The van der Waals surface area contributed by atoms with Crippen molar-refractivity contribution in [2.75, 3.05) is 26.7 Å². The Bertz CT molecular complexity index is 990. The number of hydrogen-bond donors (Lipinski definition) is 2. The molecular weight excluding hydrogens is 443 g/mol. The molecule has 1 spiro atoms. The quantitative estimate of drug-likeness (QED) is 0.600. The van der Waals surface area contributed by atoms with Gasteiger partial charge in [-0.3, -0.25) is 9.80 Å². The molecule has 0 aromatic carbocycles. The van der Waals surface area contributed by atoms with Crippen LogP contribution in [-0.4, -0.2) is 63.1 Å². The normalized spacial score (nSPS) is 21.9. The first-order valence-corrected chi connectivity index (χ1v) is 11.8. The van der Waals surface area contributed by atoms with E-state index in [1.807, 2.05) is 38.8 Å². The van der Waals surface area contributed by atoms with E-state index in [1.54, 1.807) is 19.9 Å². The van der Waals surface area contributed by atoms with Gasteiger partial charge >= 0.3 is 6.18 Å². The number of likely N-dealkylation sites (N-methyl/N-ethyl adjacent to an activating group) is 1. The van der Waals surface area contributed by atoms with Crippen molar-refractivity contribution in [1.82, 2.24) is 14.4 Å². The zero-order valence-corrected chi connectivity index (χ0v) is 21.1. The molecule has 1 unspecified atom stereocenters. The number of aliphatic hydroxyl groups is 2. The van der Waals surface area contributed by atoms with Crippen LogP contribution in [0.1, 0.15) is 58.8 Å². The van der Waals surface area contributed by atoms with E-state index >= 15 is 0 Å². The number of likely N-dealkylation sites (tertiary alicyclic amines) is 1. The van der Waals surface area contributed by atoms with Crippen LogP contribution < -0.4 is 0 Å². The molecule has 5 nitrogen and oxygen atoms in total. The molecule has 8 heteroatoms. The molecule has 0 radical (unpaired) electrons. The number of alkyl halides is 3. The van der Waals surface area contributed by atoms with Gasteiger partial charge in [0.15, 0.2) is 0 Å². The zero-order valence-electron chi connectivity index (χ0n) is 21.1. The van der Waals surface area contributed by atoms with Crippen molar-refractivity contribution >= 4 is 0 Å². The van der Waals surface area contributed by atoms with Crippen LogP contribution in [0.5, 0.6) is 0 Å². The van der Waals surface area contributed by atoms with Crippen LogP contribution >= 0.6 is 0 Å². The number of allylic oxidation sites excluding steroid dienone is 2. The Morgan fingerprint density at radius 3 is 2.18 bits per heavy atom. The van der Waals surface area contributed by atoms with E-state index in [0.29, 0.717) is 50.3 Å². The molecule has 3 heterocycles. The number of aromatic nitrogens is 1. The minimum absolute atomic E-state index is 0.316. The summed E-state index contributed by atoms with van der Waals surface area (Å²) in [6.07, 6.45) is -2.16. The lowest BCUT2D eigenvalue weighted by molar-refractivity contribution is -0.145. The summed E-state index contributed by atoms with van der Waals surface area (Å²) < 4.78 is 42.0. The van der Waals surface area contributed by atoms with Gasteiger partial charge in [0, 0.05) is 31.9 Å². The second-order valence-electron chi connectivity index (χ2n) is 10.4. The van der Waals surface area contributed by atoms with Crippen molar-refractivity contribution in [3.05, 3.63) is 58.5 Å². The minimum Gasteiger partial charge on any atom is -0.386 e. The van der Waals surface area contributed by atoms with E-state index in [-0.39, 0.29) is 0 Å². The average molecular weight is 482 g/mol. The fourth-order valence-electron chi connectivity index (χ4n) is 5.24. The van der Waals surface area contributed by atoms with Crippen LogP contribution in [0.3, 0.4) is 0 Å². The maximum Gasteiger partial charge on any atom is 0.431 e. The lowest BCUT2D eigenvalue weighted by Crippen LogP contribution is -2.57. The molecule has 1 aromatic heterocycles. The second-order valence-corrected chi connectivity index (χ2v) is 10.4. The van der Waals surface area contributed by atoms with Crippen LogP contribution in [0.2, 0.25) is 0 Å². The molecule has 2 aliphatic heterocycles. The van der Waals surface area contributed by atoms with Gasteiger partial charge in [0.05, 0.1) is 11.1 Å². The Morgan fingerprint density at radius 1 is 1.09 bits per heavy atom. The highest BCUT2D eigenvalue weighted by Gasteiger charge is 2.47. The summed E-state index contributed by atoms with van der Waals surface area (Å²) in [5.41, 5.74) is 1.74. The maximum atomic E-state index is 13.5. The van der Waals surface area contributed by atoms with Crippen LogP contribution in [0.25, 0.3) is 0 Å². The Hall–Kier alpha value is -1.87. The molecular formula is C26H38F3N3O2. The smallest absolute Gasteiger partial charge is 0.386 e. The molecule has 34 heavy (non-hydrogen) atoms. The third-order valence-corrected chi connectivity index (χ3v) is 7.76. The lowest BCUT2D eigenvalue weighted by Gasteiger charge is -2.51. The fourth-order valence-corrected chi connectivity index (χ4v) is 5.24. The first kappa shape index (κ1) is 26.7. The minimum atomic E-state index is -4.37. The first-order chi connectivity index (χ1) is 15.6. The van der Waals surface area contributed by atoms with Gasteiger partial charge in [0.1, 0.15) is 11.9 Å². The molecule has 2 N–H and O–H groups in total. The molecule has 1 saturated heterocycles. The Labute approximate surface area is 200 Å². The summed E-state index contributed by atoms with van der Waals surface area (Å²) in [6, 6.07) is 2.82. The van der Waals surface area contributed by atoms with E-state index in [4.69, 9.17) is 0 Å². The number of halogens is 3. The standard InChI is InChI=1S/C26H38F3N3O2/c1-17(2)20(16-18(3)19(4)24(5,6)34)23(33)31-12-10-25(11-13-31)21-8-9-22(26(27,28)29)32(21)15-14-30(25)7/h8-9,16,23,33-34H,1,10-15H2,2-7H3/b19-18+,20-16+. The van der Waals surface area contributed by atoms with E-state index in [9.17, 15) is 23.4 Å². The molecule has 3 rings (SSSR count). The number of aliphatic hydroxyl groups excluding tert-OH is 1. The van der Waals surface area contributed by atoms with Crippen molar-refractivity contribution < 1.29 is 23.4 Å². The van der Waals surface area contributed by atoms with Gasteiger partial charge in [-0.2, -0.15) is 13.2 Å². The Morgan fingerprint density at radius 2 is 1.68 bits per heavy atom. The van der Waals surface area contributed by atoms with Crippen molar-refractivity contribution in [3.8, 4) is 0 Å². The van der Waals surface area contributed by atoms with Gasteiger partial charge in [-0.1, -0.05) is 18.2 Å². The predicted molar refractivity (Wildman–Crippen MR) is 128 cm³/mol. The largest absolute Gasteiger partial charge is 0.431 e. The van der Waals surface area contributed by atoms with Crippen LogP contribution in [0, 0.1) is 0 Å². The highest BCUT2D eigenvalue weighted by atomic mass is 19.4. The fraction of sp³-hybridized carbons (Fsp3) is 0.615. The monoisotopic (exact) mass is 481 g/mol. The SMILES string of the molecule is C=C(C)/C(=C\C(C)=C(/C)C(C)(C)O)C(O)N1CCC2(CC1)c1ccc(C(F)(F)F)n1CCN2C. The zero-order chi connectivity index (χ0) is 25.6. The number of piperidine rings is 1. The highest BCUT2D eigenvalue weighted by Crippen LogP contribution is 2.44. The Balaban J connectivity index is 1.86. The van der Waals surface area contributed by atoms with Gasteiger partial charge in [-0.25, -0.2) is 0 Å². The topological polar surface area (TPSA) is 51.9 Å². The van der Waals surface area contributed by atoms with Gasteiger partial charge in [-0.15, -0.1) is 0 Å². The molecule has 0 bridgehead atoms. The third-order valence-electron chi connectivity index (χ3n) is 7.76. The van der Waals surface area contributed by atoms with E-state index in [1.165, 1.54) is 10.6 Å². The summed E-state index contributed by atoms with van der Waals surface area (Å²) in [5.74, 6) is 0. The number of hydrogen-bond acceptors (Lipinski definition) is 4. The molecule has 0 saturated carbocycles. The highest BCUT2D eigenvalue weighted by molar-refractivity contribution is 5.39. The van der Waals surface area contributed by atoms with E-state index in [2.05, 4.69) is 11.5 Å². The molecule has 1 fully saturated rings. The van der Waals surface area contributed by atoms with Crippen molar-refractivity contribution in [2.45, 2.75) is 77.5 Å². The van der Waals surface area contributed by atoms with Crippen molar-refractivity contribution in [1.29, 1.82) is 0 Å². The summed E-state index contributed by atoms with van der Waals surface area (Å²) >= 11 is 0. The second kappa shape index (κ2) is 9.30. The molecule has 2 aliphatic rings. The summed E-state index contributed by atoms with van der Waals surface area (Å²) in [7, 11) is 1.97. The maximum absolute atomic E-state index is 13.5. The van der Waals surface area contributed by atoms with Crippen LogP contribution in [0.4, 0.5) is 13.2 Å². The third kappa shape index (κ3) is 4.91. The predicted octanol–water partition coefficient (Wildman–Crippen LogP) is 4.67. The van der Waals surface area contributed by atoms with Gasteiger partial charge < -0.3 is 14.8 Å². The van der Waals surface area contributed by atoms with Crippen LogP contribution in [0.15, 0.2) is 47.1 Å². The van der Waals surface area contributed by atoms with Gasteiger partial charge in [-0.05, 0) is 83.4 Å². The average Bonchev–Trinajstić information content (AvgIpc) is 3.19. The van der Waals surface area contributed by atoms with E-state index in [0.717, 1.165) is 16.7 Å². The first-order valence-electron chi connectivity index (χ1n) is 11.8. The molecule has 1 atom stereocenters. The molecule has 0 aliphatic carbocycles. The number of nitrogens with zero attached hydrogens (tertiary/aromatic N) is 3. The molecule has 1 aromatic rings. The van der Waals surface area contributed by atoms with Crippen LogP contribution in [-0.2, 0) is 18.3 Å². The molecule has 0 amide bonds.